The Labute approximate surface area is 107 Å². The van der Waals surface area contributed by atoms with E-state index in [-0.39, 0.29) is 0 Å². The fourth-order valence-corrected chi connectivity index (χ4v) is 2.82. The fraction of sp³-hybridized carbons (Fsp3) is 0.267. The molecule has 0 spiro atoms. The van der Waals surface area contributed by atoms with Gasteiger partial charge >= 0.3 is 0 Å². The Balaban J connectivity index is 2.25. The number of nitrogens with two attached hydrogens (primary N) is 1. The summed E-state index contributed by atoms with van der Waals surface area (Å²) in [6, 6.07) is 10.3. The van der Waals surface area contributed by atoms with Crippen LogP contribution in [0.5, 0.6) is 5.75 Å². The van der Waals surface area contributed by atoms with Gasteiger partial charge in [-0.3, -0.25) is 4.98 Å². The Hall–Kier alpha value is -1.87. The van der Waals surface area contributed by atoms with E-state index >= 15 is 0 Å². The molecule has 3 heteroatoms. The summed E-state index contributed by atoms with van der Waals surface area (Å²) in [5.74, 6) is 1.25. The molecule has 0 amide bonds. The maximum atomic E-state index is 5.74. The van der Waals surface area contributed by atoms with Gasteiger partial charge in [-0.25, -0.2) is 0 Å². The summed E-state index contributed by atoms with van der Waals surface area (Å²) >= 11 is 0. The van der Waals surface area contributed by atoms with Gasteiger partial charge in [0.05, 0.1) is 12.8 Å². The van der Waals surface area contributed by atoms with Gasteiger partial charge in [-0.05, 0) is 36.2 Å². The number of rotatable bonds is 3. The molecule has 0 fully saturated rings. The first kappa shape index (κ1) is 11.2. The number of pyridine rings is 1. The smallest absolute Gasteiger partial charge is 0.128 e. The van der Waals surface area contributed by atoms with Gasteiger partial charge in [0.2, 0.25) is 0 Å². The van der Waals surface area contributed by atoms with Crippen LogP contribution in [0.4, 0.5) is 0 Å². The van der Waals surface area contributed by atoms with E-state index in [2.05, 4.69) is 17.1 Å². The Morgan fingerprint density at radius 3 is 2.83 bits per heavy atom. The molecular formula is C15H16N2O. The number of benzene rings is 1. The molecule has 2 aromatic rings. The highest BCUT2D eigenvalue weighted by Gasteiger charge is 2.31. The van der Waals surface area contributed by atoms with E-state index in [4.69, 9.17) is 10.5 Å². The van der Waals surface area contributed by atoms with Gasteiger partial charge in [-0.2, -0.15) is 0 Å². The van der Waals surface area contributed by atoms with Gasteiger partial charge in [0, 0.05) is 17.7 Å². The second-order valence-electron chi connectivity index (χ2n) is 4.50. The zero-order valence-electron chi connectivity index (χ0n) is 10.4. The van der Waals surface area contributed by atoms with E-state index in [9.17, 15) is 0 Å². The number of hydrogen-bond acceptors (Lipinski definition) is 3. The molecule has 0 aliphatic heterocycles. The zero-order valence-corrected chi connectivity index (χ0v) is 10.4. The molecule has 3 rings (SSSR count). The van der Waals surface area contributed by atoms with Crippen LogP contribution in [0, 0.1) is 0 Å². The number of ether oxygens (including phenoxy) is 1. The lowest BCUT2D eigenvalue weighted by atomic mass is 9.94. The SMILES string of the molecule is COc1cccc2c1-c1ncccc1C2CCN. The number of nitrogens with zero attached hydrogens (tertiary/aromatic N) is 1. The zero-order chi connectivity index (χ0) is 12.5. The van der Waals surface area contributed by atoms with Crippen molar-refractivity contribution >= 4 is 0 Å². The molecule has 3 nitrogen and oxygen atoms in total. The molecule has 1 aliphatic carbocycles. The van der Waals surface area contributed by atoms with Gasteiger partial charge < -0.3 is 10.5 Å². The standard InChI is InChI=1S/C15H16N2O/c1-18-13-6-2-4-11-10(7-8-16)12-5-3-9-17-15(12)14(11)13/h2-6,9-10H,7-8,16H2,1H3. The van der Waals surface area contributed by atoms with Crippen LogP contribution >= 0.6 is 0 Å². The van der Waals surface area contributed by atoms with Gasteiger partial charge in [0.25, 0.3) is 0 Å². The first-order valence-electron chi connectivity index (χ1n) is 6.19. The minimum atomic E-state index is 0.351. The van der Waals surface area contributed by atoms with Crippen molar-refractivity contribution in [3.63, 3.8) is 0 Å². The normalized spacial score (nSPS) is 16.2. The molecule has 1 atom stereocenters. The van der Waals surface area contributed by atoms with Crippen molar-refractivity contribution in [3.05, 3.63) is 47.7 Å². The lowest BCUT2D eigenvalue weighted by molar-refractivity contribution is 0.416. The quantitative estimate of drug-likeness (QED) is 0.897. The molecule has 0 bridgehead atoms. The molecule has 0 radical (unpaired) electrons. The lowest BCUT2D eigenvalue weighted by Gasteiger charge is -2.12. The molecule has 92 valence electrons. The monoisotopic (exact) mass is 240 g/mol. The van der Waals surface area contributed by atoms with Gasteiger partial charge in [-0.15, -0.1) is 0 Å². The molecule has 2 N–H and O–H groups in total. The van der Waals surface area contributed by atoms with Crippen molar-refractivity contribution < 1.29 is 4.74 Å². The first-order chi connectivity index (χ1) is 8.86. The van der Waals surface area contributed by atoms with E-state index in [1.807, 2.05) is 24.4 Å². The molecule has 0 saturated carbocycles. The topological polar surface area (TPSA) is 48.1 Å². The second kappa shape index (κ2) is 4.42. The average Bonchev–Trinajstić information content (AvgIpc) is 2.74. The summed E-state index contributed by atoms with van der Waals surface area (Å²) in [5, 5.41) is 0. The second-order valence-corrected chi connectivity index (χ2v) is 4.50. The third-order valence-electron chi connectivity index (χ3n) is 3.56. The highest BCUT2D eigenvalue weighted by Crippen LogP contribution is 2.48. The molecular weight excluding hydrogens is 224 g/mol. The van der Waals surface area contributed by atoms with Crippen molar-refractivity contribution in [1.82, 2.24) is 4.98 Å². The third-order valence-corrected chi connectivity index (χ3v) is 3.56. The average molecular weight is 240 g/mol. The summed E-state index contributed by atoms with van der Waals surface area (Å²) in [6.07, 6.45) is 2.78. The molecule has 1 aliphatic rings. The van der Waals surface area contributed by atoms with Gasteiger partial charge in [0.15, 0.2) is 0 Å². The highest BCUT2D eigenvalue weighted by atomic mass is 16.5. The largest absolute Gasteiger partial charge is 0.496 e. The van der Waals surface area contributed by atoms with Gasteiger partial charge in [0.1, 0.15) is 5.75 Å². The molecule has 18 heavy (non-hydrogen) atoms. The maximum absolute atomic E-state index is 5.74. The molecule has 1 aromatic carbocycles. The number of fused-ring (bicyclic) bond motifs is 3. The predicted molar refractivity (Wildman–Crippen MR) is 71.7 cm³/mol. The van der Waals surface area contributed by atoms with Crippen molar-refractivity contribution in [2.45, 2.75) is 12.3 Å². The van der Waals surface area contributed by atoms with Crippen molar-refractivity contribution in [2.75, 3.05) is 13.7 Å². The molecule has 1 unspecified atom stereocenters. The Morgan fingerprint density at radius 2 is 2.06 bits per heavy atom. The van der Waals surface area contributed by atoms with Crippen molar-refractivity contribution in [1.29, 1.82) is 0 Å². The van der Waals surface area contributed by atoms with Crippen LogP contribution in [0.1, 0.15) is 23.5 Å². The van der Waals surface area contributed by atoms with E-state index in [1.54, 1.807) is 7.11 Å². The number of hydrogen-bond donors (Lipinski definition) is 1. The summed E-state index contributed by atoms with van der Waals surface area (Å²) in [4.78, 5) is 4.52. The van der Waals surface area contributed by atoms with Crippen LogP contribution in [-0.4, -0.2) is 18.6 Å². The summed E-state index contributed by atoms with van der Waals surface area (Å²) < 4.78 is 5.47. The lowest BCUT2D eigenvalue weighted by Crippen LogP contribution is -2.06. The summed E-state index contributed by atoms with van der Waals surface area (Å²) in [5.41, 5.74) is 10.5. The molecule has 0 saturated heterocycles. The fourth-order valence-electron chi connectivity index (χ4n) is 2.82. The van der Waals surface area contributed by atoms with Crippen molar-refractivity contribution in [3.8, 4) is 17.0 Å². The minimum absolute atomic E-state index is 0.351. The molecule has 1 heterocycles. The van der Waals surface area contributed by atoms with Crippen LogP contribution in [0.15, 0.2) is 36.5 Å². The van der Waals surface area contributed by atoms with Crippen LogP contribution in [0.3, 0.4) is 0 Å². The summed E-state index contributed by atoms with van der Waals surface area (Å²) in [7, 11) is 1.70. The number of methoxy groups -OCH3 is 1. The Kier molecular flexibility index (Phi) is 2.76. The highest BCUT2D eigenvalue weighted by molar-refractivity contribution is 5.80. The number of aromatic nitrogens is 1. The predicted octanol–water partition coefficient (Wildman–Crippen LogP) is 2.55. The van der Waals surface area contributed by atoms with Crippen molar-refractivity contribution in [2.24, 2.45) is 5.73 Å². The maximum Gasteiger partial charge on any atom is 0.128 e. The van der Waals surface area contributed by atoms with Crippen LogP contribution < -0.4 is 10.5 Å². The Morgan fingerprint density at radius 1 is 1.22 bits per heavy atom. The van der Waals surface area contributed by atoms with E-state index in [1.165, 1.54) is 11.1 Å². The van der Waals surface area contributed by atoms with E-state index < -0.39 is 0 Å². The third kappa shape index (κ3) is 1.51. The van der Waals surface area contributed by atoms with Crippen LogP contribution in [0.2, 0.25) is 0 Å². The van der Waals surface area contributed by atoms with Crippen LogP contribution in [0.25, 0.3) is 11.3 Å². The first-order valence-corrected chi connectivity index (χ1v) is 6.19. The molecule has 1 aromatic heterocycles. The minimum Gasteiger partial charge on any atom is -0.496 e. The van der Waals surface area contributed by atoms with E-state index in [0.29, 0.717) is 12.5 Å². The van der Waals surface area contributed by atoms with E-state index in [0.717, 1.165) is 23.4 Å². The van der Waals surface area contributed by atoms with Crippen LogP contribution in [-0.2, 0) is 0 Å². The summed E-state index contributed by atoms with van der Waals surface area (Å²) in [6.45, 7) is 0.676. The van der Waals surface area contributed by atoms with Gasteiger partial charge in [-0.1, -0.05) is 18.2 Å². The Bertz CT molecular complexity index is 580.